The van der Waals surface area contributed by atoms with E-state index in [4.69, 9.17) is 15.8 Å². The van der Waals surface area contributed by atoms with E-state index in [1.54, 1.807) is 0 Å². The quantitative estimate of drug-likeness (QED) is 0.564. The lowest BCUT2D eigenvalue weighted by atomic mass is 9.86. The van der Waals surface area contributed by atoms with Gasteiger partial charge in [0, 0.05) is 12.6 Å². The third kappa shape index (κ3) is 0.874. The van der Waals surface area contributed by atoms with Gasteiger partial charge in [-0.2, -0.15) is 0 Å². The molecule has 2 nitrogen and oxygen atoms in total. The Kier molecular flexibility index (Phi) is 1.71. The lowest BCUT2D eigenvalue weighted by molar-refractivity contribution is 0.0331. The molecule has 3 rings (SSSR count). The van der Waals surface area contributed by atoms with Gasteiger partial charge in [-0.25, -0.2) is 4.67 Å². The van der Waals surface area contributed by atoms with Crippen molar-refractivity contribution in [3.8, 4) is 0 Å². The highest BCUT2D eigenvalue weighted by molar-refractivity contribution is 7.78. The Balaban J connectivity index is 1.87. The molecule has 0 N–H and O–H groups in total. The summed E-state index contributed by atoms with van der Waals surface area (Å²) in [5.41, 5.74) is 0.200. The van der Waals surface area contributed by atoms with Crippen molar-refractivity contribution >= 4 is 18.9 Å². The predicted octanol–water partition coefficient (Wildman–Crippen LogP) is 2.87. The molecule has 2 aliphatic heterocycles. The Bertz CT molecular complexity index is 207. The smallest absolute Gasteiger partial charge is 0.207 e. The van der Waals surface area contributed by atoms with Crippen molar-refractivity contribution in [1.82, 2.24) is 4.67 Å². The average Bonchev–Trinajstić information content (AvgIpc) is 2.39. The maximum atomic E-state index is 6.15. The zero-order valence-electron chi connectivity index (χ0n) is 7.00. The number of hydrogen-bond donors (Lipinski definition) is 0. The highest BCUT2D eigenvalue weighted by Gasteiger charge is 2.58. The molecular weight excluding hydrogens is 193 g/mol. The summed E-state index contributed by atoms with van der Waals surface area (Å²) >= 11 is 6.15. The maximum Gasteiger partial charge on any atom is 0.207 e. The molecule has 1 aliphatic carbocycles. The van der Waals surface area contributed by atoms with E-state index in [0.29, 0.717) is 6.04 Å². The van der Waals surface area contributed by atoms with Gasteiger partial charge in [0.2, 0.25) is 7.65 Å². The highest BCUT2D eigenvalue weighted by Crippen LogP contribution is 2.66. The molecule has 0 aromatic rings. The summed E-state index contributed by atoms with van der Waals surface area (Å²) in [6.45, 7) is 1.17. The normalized spacial score (nSPS) is 44.8. The first-order valence-electron chi connectivity index (χ1n) is 4.73. The minimum Gasteiger partial charge on any atom is -0.323 e. The van der Waals surface area contributed by atoms with Crippen LogP contribution in [0.25, 0.3) is 0 Å². The lowest BCUT2D eigenvalue weighted by Gasteiger charge is -2.40. The van der Waals surface area contributed by atoms with Crippen molar-refractivity contribution in [2.45, 2.75) is 43.7 Å². The van der Waals surface area contributed by atoms with Gasteiger partial charge in [0.05, 0.1) is 5.60 Å². The lowest BCUT2D eigenvalue weighted by Crippen LogP contribution is -2.51. The van der Waals surface area contributed by atoms with E-state index in [0.717, 1.165) is 0 Å². The fraction of sp³-hybridized carbons (Fsp3) is 1.00. The minimum atomic E-state index is -0.733. The van der Waals surface area contributed by atoms with Crippen molar-refractivity contribution in [3.63, 3.8) is 0 Å². The van der Waals surface area contributed by atoms with Gasteiger partial charge in [-0.1, -0.05) is 12.8 Å². The van der Waals surface area contributed by atoms with Gasteiger partial charge in [-0.05, 0) is 30.5 Å². The molecule has 2 saturated heterocycles. The fourth-order valence-electron chi connectivity index (χ4n) is 2.76. The van der Waals surface area contributed by atoms with Crippen LogP contribution in [-0.2, 0) is 4.52 Å². The van der Waals surface area contributed by atoms with Crippen LogP contribution in [0.5, 0.6) is 0 Å². The van der Waals surface area contributed by atoms with Gasteiger partial charge in [0.1, 0.15) is 0 Å². The third-order valence-electron chi connectivity index (χ3n) is 3.51. The molecule has 68 valence electrons. The molecule has 4 heteroatoms. The Hall–Kier alpha value is 0.640. The topological polar surface area (TPSA) is 12.5 Å². The second kappa shape index (κ2) is 2.57. The van der Waals surface area contributed by atoms with E-state index in [1.807, 2.05) is 0 Å². The van der Waals surface area contributed by atoms with Crippen LogP contribution in [0, 0.1) is 0 Å². The fourth-order valence-corrected chi connectivity index (χ4v) is 5.24. The average molecular weight is 206 g/mol. The predicted molar refractivity (Wildman–Crippen MR) is 50.2 cm³/mol. The van der Waals surface area contributed by atoms with Crippen LogP contribution in [0.1, 0.15) is 32.1 Å². The number of hydrogen-bond acceptors (Lipinski definition) is 2. The molecule has 12 heavy (non-hydrogen) atoms. The second-order valence-electron chi connectivity index (χ2n) is 4.06. The molecule has 0 amide bonds. The van der Waals surface area contributed by atoms with Crippen LogP contribution in [-0.4, -0.2) is 22.9 Å². The first kappa shape index (κ1) is 7.99. The molecule has 3 fully saturated rings. The van der Waals surface area contributed by atoms with Crippen molar-refractivity contribution in [2.75, 3.05) is 6.54 Å². The van der Waals surface area contributed by atoms with Crippen LogP contribution in [0.3, 0.4) is 0 Å². The highest BCUT2D eigenvalue weighted by atomic mass is 35.7. The van der Waals surface area contributed by atoms with Crippen LogP contribution < -0.4 is 0 Å². The van der Waals surface area contributed by atoms with E-state index < -0.39 is 7.65 Å². The van der Waals surface area contributed by atoms with E-state index in [2.05, 4.69) is 4.67 Å². The molecule has 0 aromatic carbocycles. The summed E-state index contributed by atoms with van der Waals surface area (Å²) in [6.07, 6.45) is 6.49. The Morgan fingerprint density at radius 1 is 1.42 bits per heavy atom. The zero-order chi connectivity index (χ0) is 8.18. The molecule has 0 aromatic heterocycles. The Morgan fingerprint density at radius 3 is 2.67 bits per heavy atom. The van der Waals surface area contributed by atoms with Gasteiger partial charge in [-0.3, -0.25) is 0 Å². The molecule has 1 saturated carbocycles. The zero-order valence-corrected chi connectivity index (χ0v) is 8.65. The maximum absolute atomic E-state index is 6.15. The van der Waals surface area contributed by atoms with Crippen LogP contribution >= 0.6 is 18.9 Å². The standard InChI is InChI=1S/C8H13ClNOP/c9-12-10-6-3-7(10)8(11-12)4-1-2-5-8/h7H,1-6H2/t7-,12?/m0/s1. The van der Waals surface area contributed by atoms with Gasteiger partial charge in [0.15, 0.2) is 0 Å². The molecule has 1 spiro atoms. The van der Waals surface area contributed by atoms with Crippen molar-refractivity contribution in [3.05, 3.63) is 0 Å². The molecule has 0 radical (unpaired) electrons. The number of halogens is 1. The molecule has 2 atom stereocenters. The molecule has 1 unspecified atom stereocenters. The van der Waals surface area contributed by atoms with Crippen LogP contribution in [0.2, 0.25) is 0 Å². The molecule has 0 bridgehead atoms. The van der Waals surface area contributed by atoms with Gasteiger partial charge >= 0.3 is 0 Å². The van der Waals surface area contributed by atoms with Gasteiger partial charge in [-0.15, -0.1) is 0 Å². The van der Waals surface area contributed by atoms with Crippen LogP contribution in [0.4, 0.5) is 0 Å². The molecular formula is C8H13ClNOP. The SMILES string of the molecule is ClP1OC2(CCCC2)[C@@H]2CCN21. The van der Waals surface area contributed by atoms with Gasteiger partial charge in [0.25, 0.3) is 0 Å². The first-order chi connectivity index (χ1) is 5.82. The van der Waals surface area contributed by atoms with Gasteiger partial charge < -0.3 is 4.52 Å². The summed E-state index contributed by atoms with van der Waals surface area (Å²) in [6, 6.07) is 0.684. The first-order valence-corrected chi connectivity index (χ1v) is 6.85. The van der Waals surface area contributed by atoms with Crippen molar-refractivity contribution in [1.29, 1.82) is 0 Å². The number of nitrogens with zero attached hydrogens (tertiary/aromatic N) is 1. The van der Waals surface area contributed by atoms with E-state index in [-0.39, 0.29) is 5.60 Å². The van der Waals surface area contributed by atoms with Crippen molar-refractivity contribution < 1.29 is 4.52 Å². The number of fused-ring (bicyclic) bond motifs is 2. The van der Waals surface area contributed by atoms with Crippen LogP contribution in [0.15, 0.2) is 0 Å². The molecule has 3 aliphatic rings. The third-order valence-corrected chi connectivity index (χ3v) is 5.69. The summed E-state index contributed by atoms with van der Waals surface area (Å²) in [5, 5.41) is 0. The minimum absolute atomic E-state index is 0.200. The largest absolute Gasteiger partial charge is 0.323 e. The van der Waals surface area contributed by atoms with E-state index in [9.17, 15) is 0 Å². The monoisotopic (exact) mass is 205 g/mol. The summed E-state index contributed by atoms with van der Waals surface area (Å²) in [7, 11) is -0.733. The van der Waals surface area contributed by atoms with Crippen molar-refractivity contribution in [2.24, 2.45) is 0 Å². The number of rotatable bonds is 0. The van der Waals surface area contributed by atoms with E-state index in [1.165, 1.54) is 38.6 Å². The second-order valence-corrected chi connectivity index (χ2v) is 6.07. The Labute approximate surface area is 78.9 Å². The molecule has 2 heterocycles. The summed E-state index contributed by atoms with van der Waals surface area (Å²) in [5.74, 6) is 0. The summed E-state index contributed by atoms with van der Waals surface area (Å²) < 4.78 is 8.32. The van der Waals surface area contributed by atoms with E-state index >= 15 is 0 Å². The summed E-state index contributed by atoms with van der Waals surface area (Å²) in [4.78, 5) is 0. The Morgan fingerprint density at radius 2 is 2.17 bits per heavy atom.